The van der Waals surface area contributed by atoms with E-state index in [1.165, 1.54) is 5.56 Å². The summed E-state index contributed by atoms with van der Waals surface area (Å²) in [5, 5.41) is 13.6. The third kappa shape index (κ3) is 2.59. The Morgan fingerprint density at radius 2 is 2.17 bits per heavy atom. The Hall–Kier alpha value is -2.10. The molecule has 0 spiro atoms. The van der Waals surface area contributed by atoms with E-state index in [0.717, 1.165) is 10.8 Å². The van der Waals surface area contributed by atoms with Crippen LogP contribution in [0.2, 0.25) is 0 Å². The van der Waals surface area contributed by atoms with E-state index in [4.69, 9.17) is 5.11 Å². The number of benzene rings is 1. The molecule has 4 heteroatoms. The number of nitrogens with zero attached hydrogens (tertiary/aromatic N) is 1. The van der Waals surface area contributed by atoms with Crippen LogP contribution >= 0.6 is 0 Å². The Bertz CT molecular complexity index is 579. The van der Waals surface area contributed by atoms with Crippen molar-refractivity contribution in [2.24, 2.45) is 0 Å². The maximum Gasteiger partial charge on any atom is 0.322 e. The van der Waals surface area contributed by atoms with Crippen molar-refractivity contribution in [3.8, 4) is 0 Å². The highest BCUT2D eigenvalue weighted by molar-refractivity contribution is 5.93. The fourth-order valence-electron chi connectivity index (χ4n) is 1.85. The molecule has 2 rings (SSSR count). The quantitative estimate of drug-likeness (QED) is 0.868. The number of aliphatic carboxylic acids is 1. The molecule has 0 aliphatic rings. The van der Waals surface area contributed by atoms with E-state index in [9.17, 15) is 4.79 Å². The molecule has 0 saturated carbocycles. The van der Waals surface area contributed by atoms with Gasteiger partial charge in [-0.25, -0.2) is 4.98 Å². The van der Waals surface area contributed by atoms with Crippen molar-refractivity contribution in [1.29, 1.82) is 0 Å². The zero-order valence-electron chi connectivity index (χ0n) is 10.5. The van der Waals surface area contributed by atoms with Gasteiger partial charge in [-0.15, -0.1) is 0 Å². The molecule has 94 valence electrons. The molecule has 0 radical (unpaired) electrons. The minimum absolute atomic E-state index is 0.127. The summed E-state index contributed by atoms with van der Waals surface area (Å²) in [5.41, 5.74) is 1.22. The average molecular weight is 244 g/mol. The van der Waals surface area contributed by atoms with Crippen LogP contribution in [0.1, 0.15) is 25.3 Å². The van der Waals surface area contributed by atoms with E-state index in [0.29, 0.717) is 11.7 Å². The van der Waals surface area contributed by atoms with Crippen LogP contribution in [0.15, 0.2) is 30.5 Å². The second kappa shape index (κ2) is 5.04. The number of carboxylic acids is 1. The molecule has 1 aromatic carbocycles. The van der Waals surface area contributed by atoms with Gasteiger partial charge in [0.2, 0.25) is 0 Å². The summed E-state index contributed by atoms with van der Waals surface area (Å²) in [6.07, 6.45) is 1.68. The van der Waals surface area contributed by atoms with Gasteiger partial charge in [-0.2, -0.15) is 0 Å². The summed E-state index contributed by atoms with van der Waals surface area (Å²) in [5.74, 6) is 0.160. The van der Waals surface area contributed by atoms with Crippen LogP contribution in [0.3, 0.4) is 0 Å². The third-order valence-electron chi connectivity index (χ3n) is 2.86. The number of hydrogen-bond donors (Lipinski definition) is 2. The van der Waals surface area contributed by atoms with E-state index in [1.807, 2.05) is 12.1 Å². The summed E-state index contributed by atoms with van der Waals surface area (Å²) >= 11 is 0. The molecular formula is C14H16N2O2. The van der Waals surface area contributed by atoms with Crippen molar-refractivity contribution in [3.05, 3.63) is 36.0 Å². The van der Waals surface area contributed by atoms with Crippen LogP contribution in [0, 0.1) is 0 Å². The number of carboxylic acid groups (broad SMARTS) is 1. The lowest BCUT2D eigenvalue weighted by Crippen LogP contribution is -2.13. The molecule has 4 nitrogen and oxygen atoms in total. The normalized spacial score (nSPS) is 10.8. The van der Waals surface area contributed by atoms with Gasteiger partial charge in [-0.05, 0) is 29.0 Å². The number of pyridine rings is 1. The first kappa shape index (κ1) is 12.4. The SMILES string of the molecule is CC(C)c1ccc2ccnc(NCC(=O)O)c2c1. The molecular weight excluding hydrogens is 228 g/mol. The largest absolute Gasteiger partial charge is 0.480 e. The lowest BCUT2D eigenvalue weighted by atomic mass is 10.00. The molecule has 2 aromatic rings. The standard InChI is InChI=1S/C14H16N2O2/c1-9(2)11-4-3-10-5-6-15-14(12(10)7-11)16-8-13(17)18/h3-7,9H,8H2,1-2H3,(H,15,16)(H,17,18). The van der Waals surface area contributed by atoms with Crippen molar-refractivity contribution in [2.45, 2.75) is 19.8 Å². The molecule has 0 aliphatic heterocycles. The van der Waals surface area contributed by atoms with Gasteiger partial charge >= 0.3 is 5.97 Å². The highest BCUT2D eigenvalue weighted by Gasteiger charge is 2.06. The molecule has 0 unspecified atom stereocenters. The summed E-state index contributed by atoms with van der Waals surface area (Å²) in [7, 11) is 0. The minimum atomic E-state index is -0.895. The molecule has 0 bridgehead atoms. The monoisotopic (exact) mass is 244 g/mol. The Kier molecular flexibility index (Phi) is 3.46. The van der Waals surface area contributed by atoms with Crippen molar-refractivity contribution >= 4 is 22.6 Å². The highest BCUT2D eigenvalue weighted by Crippen LogP contribution is 2.25. The Morgan fingerprint density at radius 3 is 2.83 bits per heavy atom. The van der Waals surface area contributed by atoms with Crippen molar-refractivity contribution in [1.82, 2.24) is 4.98 Å². The number of anilines is 1. The molecule has 0 saturated heterocycles. The van der Waals surface area contributed by atoms with E-state index in [-0.39, 0.29) is 6.54 Å². The zero-order valence-corrected chi connectivity index (χ0v) is 10.5. The molecule has 0 amide bonds. The van der Waals surface area contributed by atoms with E-state index in [2.05, 4.69) is 36.3 Å². The summed E-state index contributed by atoms with van der Waals surface area (Å²) in [6.45, 7) is 4.13. The second-order valence-corrected chi connectivity index (χ2v) is 4.54. The van der Waals surface area contributed by atoms with Gasteiger partial charge in [0.25, 0.3) is 0 Å². The van der Waals surface area contributed by atoms with Crippen LogP contribution in [0.4, 0.5) is 5.82 Å². The van der Waals surface area contributed by atoms with Crippen molar-refractivity contribution < 1.29 is 9.90 Å². The van der Waals surface area contributed by atoms with Gasteiger partial charge < -0.3 is 10.4 Å². The van der Waals surface area contributed by atoms with Gasteiger partial charge in [0, 0.05) is 11.6 Å². The van der Waals surface area contributed by atoms with Crippen molar-refractivity contribution in [2.75, 3.05) is 11.9 Å². The second-order valence-electron chi connectivity index (χ2n) is 4.54. The smallest absolute Gasteiger partial charge is 0.322 e. The highest BCUT2D eigenvalue weighted by atomic mass is 16.4. The molecule has 0 aliphatic carbocycles. The number of hydrogen-bond acceptors (Lipinski definition) is 3. The molecule has 1 aromatic heterocycles. The summed E-state index contributed by atoms with van der Waals surface area (Å²) in [4.78, 5) is 14.8. The van der Waals surface area contributed by atoms with Crippen LogP contribution in [0.25, 0.3) is 10.8 Å². The lowest BCUT2D eigenvalue weighted by Gasteiger charge is -2.10. The number of aromatic nitrogens is 1. The van der Waals surface area contributed by atoms with Crippen LogP contribution in [-0.2, 0) is 4.79 Å². The minimum Gasteiger partial charge on any atom is -0.480 e. The first-order valence-electron chi connectivity index (χ1n) is 5.92. The third-order valence-corrected chi connectivity index (χ3v) is 2.86. The lowest BCUT2D eigenvalue weighted by molar-refractivity contribution is -0.134. The topological polar surface area (TPSA) is 62.2 Å². The van der Waals surface area contributed by atoms with Gasteiger partial charge in [-0.1, -0.05) is 26.0 Å². The van der Waals surface area contributed by atoms with Gasteiger partial charge in [0.15, 0.2) is 0 Å². The Labute approximate surface area is 106 Å². The van der Waals surface area contributed by atoms with Gasteiger partial charge in [0.1, 0.15) is 12.4 Å². The average Bonchev–Trinajstić information content (AvgIpc) is 2.35. The fraction of sp³-hybridized carbons (Fsp3) is 0.286. The maximum atomic E-state index is 10.6. The molecule has 0 fully saturated rings. The molecule has 2 N–H and O–H groups in total. The first-order chi connectivity index (χ1) is 8.58. The van der Waals surface area contributed by atoms with E-state index in [1.54, 1.807) is 6.20 Å². The fourth-order valence-corrected chi connectivity index (χ4v) is 1.85. The molecule has 18 heavy (non-hydrogen) atoms. The predicted molar refractivity (Wildman–Crippen MR) is 72.0 cm³/mol. The maximum absolute atomic E-state index is 10.6. The summed E-state index contributed by atoms with van der Waals surface area (Å²) in [6, 6.07) is 8.12. The predicted octanol–water partition coefficient (Wildman–Crippen LogP) is 2.85. The Balaban J connectivity index is 2.45. The first-order valence-corrected chi connectivity index (χ1v) is 5.92. The van der Waals surface area contributed by atoms with Crippen molar-refractivity contribution in [3.63, 3.8) is 0 Å². The zero-order chi connectivity index (χ0) is 13.1. The summed E-state index contributed by atoms with van der Waals surface area (Å²) < 4.78 is 0. The van der Waals surface area contributed by atoms with Gasteiger partial charge in [-0.3, -0.25) is 4.79 Å². The number of nitrogens with one attached hydrogen (secondary N) is 1. The van der Waals surface area contributed by atoms with E-state index >= 15 is 0 Å². The van der Waals surface area contributed by atoms with E-state index < -0.39 is 5.97 Å². The van der Waals surface area contributed by atoms with Crippen LogP contribution in [0.5, 0.6) is 0 Å². The van der Waals surface area contributed by atoms with Crippen LogP contribution in [-0.4, -0.2) is 22.6 Å². The number of rotatable bonds is 4. The molecule has 1 heterocycles. The Morgan fingerprint density at radius 1 is 1.39 bits per heavy atom. The number of carbonyl (C=O) groups is 1. The van der Waals surface area contributed by atoms with Crippen LogP contribution < -0.4 is 5.32 Å². The van der Waals surface area contributed by atoms with Gasteiger partial charge in [0.05, 0.1) is 0 Å². The number of fused-ring (bicyclic) bond motifs is 1. The molecule has 0 atom stereocenters.